The molecule has 0 spiro atoms. The average molecular weight is 239 g/mol. The zero-order chi connectivity index (χ0) is 10.8. The number of rotatable bonds is 1. The van der Waals surface area contributed by atoms with E-state index in [9.17, 15) is 0 Å². The molecule has 2 rings (SSSR count). The molecule has 2 N–H and O–H groups in total. The molecule has 0 atom stereocenters. The van der Waals surface area contributed by atoms with Gasteiger partial charge in [0, 0.05) is 10.6 Å². The highest BCUT2D eigenvalue weighted by Gasteiger charge is 2.05. The largest absolute Gasteiger partial charge is 0.384 e. The quantitative estimate of drug-likeness (QED) is 0.825. The number of hydrogen-bond acceptors (Lipinski definition) is 2. The van der Waals surface area contributed by atoms with Crippen molar-refractivity contribution in [3.05, 3.63) is 46.4 Å². The van der Waals surface area contributed by atoms with Crippen LogP contribution < -0.4 is 5.73 Å². The summed E-state index contributed by atoms with van der Waals surface area (Å²) in [7, 11) is 0. The molecule has 0 aliphatic heterocycles. The molecule has 0 unspecified atom stereocenters. The van der Waals surface area contributed by atoms with Crippen LogP contribution in [0.5, 0.6) is 0 Å². The van der Waals surface area contributed by atoms with E-state index in [0.717, 1.165) is 11.3 Å². The predicted molar refractivity (Wildman–Crippen MR) is 64.1 cm³/mol. The first-order valence-corrected chi connectivity index (χ1v) is 5.10. The third-order valence-corrected chi connectivity index (χ3v) is 2.53. The Morgan fingerprint density at radius 2 is 1.87 bits per heavy atom. The third kappa shape index (κ3) is 2.22. The number of nitrogens with two attached hydrogens (primary N) is 1. The maximum absolute atomic E-state index is 6.05. The smallest absolute Gasteiger partial charge is 0.124 e. The first-order valence-electron chi connectivity index (χ1n) is 4.35. The lowest BCUT2D eigenvalue weighted by atomic mass is 10.1. The van der Waals surface area contributed by atoms with Gasteiger partial charge in [-0.3, -0.25) is 0 Å². The molecule has 2 aromatic rings. The van der Waals surface area contributed by atoms with Crippen molar-refractivity contribution in [2.24, 2.45) is 0 Å². The van der Waals surface area contributed by atoms with Gasteiger partial charge in [-0.05, 0) is 30.3 Å². The van der Waals surface area contributed by atoms with Crippen LogP contribution in [0.25, 0.3) is 11.3 Å². The number of nitrogens with zero attached hydrogens (tertiary/aromatic N) is 1. The molecule has 0 fully saturated rings. The van der Waals surface area contributed by atoms with Gasteiger partial charge >= 0.3 is 0 Å². The number of aromatic nitrogens is 1. The lowest BCUT2D eigenvalue weighted by Gasteiger charge is -2.04. The van der Waals surface area contributed by atoms with Crippen molar-refractivity contribution in [1.29, 1.82) is 0 Å². The second-order valence-electron chi connectivity index (χ2n) is 3.07. The molecule has 2 nitrogen and oxygen atoms in total. The van der Waals surface area contributed by atoms with E-state index in [1.807, 2.05) is 18.2 Å². The molecule has 15 heavy (non-hydrogen) atoms. The minimum absolute atomic E-state index is 0.471. The maximum Gasteiger partial charge on any atom is 0.124 e. The summed E-state index contributed by atoms with van der Waals surface area (Å²) < 4.78 is 0. The molecule has 0 saturated carbocycles. The van der Waals surface area contributed by atoms with E-state index in [1.54, 1.807) is 18.2 Å². The molecule has 1 heterocycles. The highest BCUT2D eigenvalue weighted by molar-refractivity contribution is 6.36. The van der Waals surface area contributed by atoms with Crippen LogP contribution in [0.4, 0.5) is 5.82 Å². The van der Waals surface area contributed by atoms with E-state index in [2.05, 4.69) is 4.98 Å². The Hall–Kier alpha value is -1.25. The molecule has 0 aliphatic rings. The van der Waals surface area contributed by atoms with Crippen LogP contribution in [0.2, 0.25) is 10.0 Å². The Morgan fingerprint density at radius 3 is 2.53 bits per heavy atom. The van der Waals surface area contributed by atoms with Crippen LogP contribution in [-0.4, -0.2) is 4.98 Å². The SMILES string of the molecule is Nc1cccc(-c2ccc(Cl)cc2Cl)n1. The number of benzene rings is 1. The fourth-order valence-corrected chi connectivity index (χ4v) is 1.80. The lowest BCUT2D eigenvalue weighted by Crippen LogP contribution is -1.91. The molecule has 0 bridgehead atoms. The standard InChI is InChI=1S/C11H8Cl2N2/c12-7-4-5-8(9(13)6-7)10-2-1-3-11(14)15-10/h1-6H,(H2,14,15). The van der Waals surface area contributed by atoms with Crippen LogP contribution >= 0.6 is 23.2 Å². The van der Waals surface area contributed by atoms with Gasteiger partial charge in [0.25, 0.3) is 0 Å². The molecule has 0 saturated heterocycles. The first-order chi connectivity index (χ1) is 7.16. The van der Waals surface area contributed by atoms with E-state index in [-0.39, 0.29) is 0 Å². The zero-order valence-corrected chi connectivity index (χ0v) is 9.26. The summed E-state index contributed by atoms with van der Waals surface area (Å²) >= 11 is 11.9. The number of pyridine rings is 1. The van der Waals surface area contributed by atoms with E-state index in [0.29, 0.717) is 15.9 Å². The summed E-state index contributed by atoms with van der Waals surface area (Å²) in [5, 5.41) is 1.17. The second-order valence-corrected chi connectivity index (χ2v) is 3.92. The summed E-state index contributed by atoms with van der Waals surface area (Å²) in [6, 6.07) is 10.7. The topological polar surface area (TPSA) is 38.9 Å². The molecular weight excluding hydrogens is 231 g/mol. The monoisotopic (exact) mass is 238 g/mol. The van der Waals surface area contributed by atoms with Crippen LogP contribution in [-0.2, 0) is 0 Å². The van der Waals surface area contributed by atoms with E-state index >= 15 is 0 Å². The van der Waals surface area contributed by atoms with Crippen molar-refractivity contribution in [3.8, 4) is 11.3 Å². The second kappa shape index (κ2) is 4.09. The van der Waals surface area contributed by atoms with Crippen molar-refractivity contribution >= 4 is 29.0 Å². The number of anilines is 1. The Labute approximate surface area is 97.7 Å². The first kappa shape index (κ1) is 10.3. The fraction of sp³-hybridized carbons (Fsp3) is 0. The Morgan fingerprint density at radius 1 is 1.07 bits per heavy atom. The highest BCUT2D eigenvalue weighted by Crippen LogP contribution is 2.29. The molecule has 0 aliphatic carbocycles. The van der Waals surface area contributed by atoms with E-state index in [1.165, 1.54) is 0 Å². The van der Waals surface area contributed by atoms with Gasteiger partial charge in [-0.1, -0.05) is 29.3 Å². The molecule has 0 radical (unpaired) electrons. The van der Waals surface area contributed by atoms with Gasteiger partial charge in [-0.25, -0.2) is 4.98 Å². The zero-order valence-electron chi connectivity index (χ0n) is 7.74. The Kier molecular flexibility index (Phi) is 2.80. The average Bonchev–Trinajstić information content (AvgIpc) is 2.17. The van der Waals surface area contributed by atoms with Crippen molar-refractivity contribution in [2.75, 3.05) is 5.73 Å². The van der Waals surface area contributed by atoms with Crippen molar-refractivity contribution in [3.63, 3.8) is 0 Å². The summed E-state index contributed by atoms with van der Waals surface area (Å²) in [5.41, 5.74) is 7.17. The normalized spacial score (nSPS) is 10.3. The van der Waals surface area contributed by atoms with Gasteiger partial charge in [-0.2, -0.15) is 0 Å². The van der Waals surface area contributed by atoms with Crippen LogP contribution in [0.3, 0.4) is 0 Å². The van der Waals surface area contributed by atoms with Gasteiger partial charge in [0.1, 0.15) is 5.82 Å². The van der Waals surface area contributed by atoms with Gasteiger partial charge < -0.3 is 5.73 Å². The van der Waals surface area contributed by atoms with Gasteiger partial charge in [0.05, 0.1) is 10.7 Å². The fourth-order valence-electron chi connectivity index (χ4n) is 1.30. The van der Waals surface area contributed by atoms with Crippen LogP contribution in [0.15, 0.2) is 36.4 Å². The molecule has 1 aromatic heterocycles. The van der Waals surface area contributed by atoms with E-state index in [4.69, 9.17) is 28.9 Å². The molecule has 76 valence electrons. The summed E-state index contributed by atoms with van der Waals surface area (Å²) in [5.74, 6) is 0.471. The van der Waals surface area contributed by atoms with Crippen LogP contribution in [0.1, 0.15) is 0 Å². The highest BCUT2D eigenvalue weighted by atomic mass is 35.5. The van der Waals surface area contributed by atoms with Gasteiger partial charge in [0.15, 0.2) is 0 Å². The minimum atomic E-state index is 0.471. The van der Waals surface area contributed by atoms with Crippen molar-refractivity contribution in [2.45, 2.75) is 0 Å². The molecular formula is C11H8Cl2N2. The number of nitrogen functional groups attached to an aromatic ring is 1. The minimum Gasteiger partial charge on any atom is -0.384 e. The van der Waals surface area contributed by atoms with Gasteiger partial charge in [0.2, 0.25) is 0 Å². The molecule has 1 aromatic carbocycles. The lowest BCUT2D eigenvalue weighted by molar-refractivity contribution is 1.33. The maximum atomic E-state index is 6.05. The molecule has 4 heteroatoms. The molecule has 0 amide bonds. The summed E-state index contributed by atoms with van der Waals surface area (Å²) in [6.45, 7) is 0. The predicted octanol–water partition coefficient (Wildman–Crippen LogP) is 3.64. The van der Waals surface area contributed by atoms with Crippen LogP contribution in [0, 0.1) is 0 Å². The van der Waals surface area contributed by atoms with Gasteiger partial charge in [-0.15, -0.1) is 0 Å². The summed E-state index contributed by atoms with van der Waals surface area (Å²) in [6.07, 6.45) is 0. The summed E-state index contributed by atoms with van der Waals surface area (Å²) in [4.78, 5) is 4.18. The van der Waals surface area contributed by atoms with E-state index < -0.39 is 0 Å². The Balaban J connectivity index is 2.54. The number of hydrogen-bond donors (Lipinski definition) is 1. The number of halogens is 2. The van der Waals surface area contributed by atoms with Crippen molar-refractivity contribution in [1.82, 2.24) is 4.98 Å². The third-order valence-electron chi connectivity index (χ3n) is 1.98. The van der Waals surface area contributed by atoms with Crippen molar-refractivity contribution < 1.29 is 0 Å². The Bertz CT molecular complexity index is 498.